The monoisotopic (exact) mass is 220 g/mol. The minimum atomic E-state index is 0.385. The molecule has 1 aliphatic heterocycles. The van der Waals surface area contributed by atoms with Crippen molar-refractivity contribution in [2.45, 2.75) is 45.6 Å². The number of nitrogens with zero attached hydrogens (tertiary/aromatic N) is 2. The lowest BCUT2D eigenvalue weighted by Crippen LogP contribution is -2.36. The lowest BCUT2D eigenvalue weighted by molar-refractivity contribution is 0.398. The maximum absolute atomic E-state index is 5.62. The first-order valence-corrected chi connectivity index (χ1v) is 6.00. The predicted octanol–water partition coefficient (Wildman–Crippen LogP) is 1.36. The fourth-order valence-corrected chi connectivity index (χ4v) is 2.41. The Morgan fingerprint density at radius 2 is 1.94 bits per heavy atom. The van der Waals surface area contributed by atoms with Crippen molar-refractivity contribution in [1.82, 2.24) is 15.3 Å². The molecule has 3 N–H and O–H groups in total. The lowest BCUT2D eigenvalue weighted by atomic mass is 9.96. The molecule has 1 unspecified atom stereocenters. The van der Waals surface area contributed by atoms with Crippen molar-refractivity contribution in [3.05, 3.63) is 17.0 Å². The first kappa shape index (κ1) is 11.3. The number of hydrogen-bond acceptors (Lipinski definition) is 4. The van der Waals surface area contributed by atoms with E-state index >= 15 is 0 Å². The summed E-state index contributed by atoms with van der Waals surface area (Å²) in [6.45, 7) is 5.17. The standard InChI is InChI=1S/C12H20N4/c1-8-11(9(2)16-12(13)15-8)7-10-5-3-4-6-14-10/h10,14H,3-7H2,1-2H3,(H2,13,15,16). The predicted molar refractivity (Wildman–Crippen MR) is 65.3 cm³/mol. The van der Waals surface area contributed by atoms with Crippen molar-refractivity contribution < 1.29 is 0 Å². The molecule has 1 aromatic heterocycles. The molecule has 88 valence electrons. The molecule has 0 aromatic carbocycles. The van der Waals surface area contributed by atoms with E-state index in [-0.39, 0.29) is 0 Å². The summed E-state index contributed by atoms with van der Waals surface area (Å²) in [4.78, 5) is 8.48. The Labute approximate surface area is 96.7 Å². The van der Waals surface area contributed by atoms with Crippen LogP contribution in [-0.2, 0) is 6.42 Å². The minimum Gasteiger partial charge on any atom is -0.368 e. The van der Waals surface area contributed by atoms with Crippen LogP contribution in [0.25, 0.3) is 0 Å². The van der Waals surface area contributed by atoms with Crippen molar-refractivity contribution in [2.24, 2.45) is 0 Å². The molecule has 0 aliphatic carbocycles. The molecule has 1 saturated heterocycles. The Hall–Kier alpha value is -1.16. The van der Waals surface area contributed by atoms with Crippen LogP contribution in [0.15, 0.2) is 0 Å². The van der Waals surface area contributed by atoms with E-state index in [0.717, 1.165) is 24.4 Å². The Kier molecular flexibility index (Phi) is 3.39. The maximum Gasteiger partial charge on any atom is 0.220 e. The molecule has 1 aliphatic rings. The number of nitrogen functional groups attached to an aromatic ring is 1. The number of nitrogens with two attached hydrogens (primary N) is 1. The quantitative estimate of drug-likeness (QED) is 0.790. The Bertz CT molecular complexity index is 346. The van der Waals surface area contributed by atoms with Gasteiger partial charge in [-0.2, -0.15) is 0 Å². The van der Waals surface area contributed by atoms with E-state index in [0.29, 0.717) is 12.0 Å². The van der Waals surface area contributed by atoms with Crippen molar-refractivity contribution in [3.8, 4) is 0 Å². The number of aryl methyl sites for hydroxylation is 2. The summed E-state index contributed by atoms with van der Waals surface area (Å²) >= 11 is 0. The van der Waals surface area contributed by atoms with Gasteiger partial charge in [0.15, 0.2) is 0 Å². The molecule has 2 rings (SSSR count). The smallest absolute Gasteiger partial charge is 0.220 e. The number of nitrogens with one attached hydrogen (secondary N) is 1. The first-order valence-electron chi connectivity index (χ1n) is 6.00. The van der Waals surface area contributed by atoms with Crippen molar-refractivity contribution in [3.63, 3.8) is 0 Å². The normalized spacial score (nSPS) is 21.0. The van der Waals surface area contributed by atoms with Gasteiger partial charge < -0.3 is 11.1 Å². The lowest BCUT2D eigenvalue weighted by Gasteiger charge is -2.24. The van der Waals surface area contributed by atoms with Gasteiger partial charge in [-0.1, -0.05) is 6.42 Å². The summed E-state index contributed by atoms with van der Waals surface area (Å²) in [7, 11) is 0. The number of anilines is 1. The Morgan fingerprint density at radius 3 is 2.50 bits per heavy atom. The molecule has 0 amide bonds. The molecule has 2 heterocycles. The van der Waals surface area contributed by atoms with Gasteiger partial charge in [-0.25, -0.2) is 9.97 Å². The van der Waals surface area contributed by atoms with Crippen LogP contribution in [0, 0.1) is 13.8 Å². The van der Waals surface area contributed by atoms with Crippen molar-refractivity contribution in [2.75, 3.05) is 12.3 Å². The molecule has 16 heavy (non-hydrogen) atoms. The number of rotatable bonds is 2. The SMILES string of the molecule is Cc1nc(N)nc(C)c1CC1CCCCN1. The van der Waals surface area contributed by atoms with E-state index in [1.54, 1.807) is 0 Å². The van der Waals surface area contributed by atoms with E-state index < -0.39 is 0 Å². The van der Waals surface area contributed by atoms with Gasteiger partial charge in [0, 0.05) is 17.4 Å². The molecular weight excluding hydrogens is 200 g/mol. The molecule has 0 bridgehead atoms. The van der Waals surface area contributed by atoms with E-state index in [2.05, 4.69) is 15.3 Å². The summed E-state index contributed by atoms with van der Waals surface area (Å²) in [5.41, 5.74) is 8.93. The van der Waals surface area contributed by atoms with Crippen LogP contribution in [0.5, 0.6) is 0 Å². The first-order chi connectivity index (χ1) is 7.66. The van der Waals surface area contributed by atoms with E-state index in [4.69, 9.17) is 5.73 Å². The molecule has 0 spiro atoms. The minimum absolute atomic E-state index is 0.385. The molecule has 1 aromatic rings. The van der Waals surface area contributed by atoms with Gasteiger partial charge >= 0.3 is 0 Å². The third-order valence-corrected chi connectivity index (χ3v) is 3.30. The summed E-state index contributed by atoms with van der Waals surface area (Å²) in [6, 6.07) is 0.582. The summed E-state index contributed by atoms with van der Waals surface area (Å²) in [5, 5.41) is 3.55. The highest BCUT2D eigenvalue weighted by atomic mass is 15.0. The van der Waals surface area contributed by atoms with Crippen molar-refractivity contribution in [1.29, 1.82) is 0 Å². The molecule has 1 fully saturated rings. The number of piperidine rings is 1. The van der Waals surface area contributed by atoms with Crippen LogP contribution >= 0.6 is 0 Å². The van der Waals surface area contributed by atoms with Gasteiger partial charge in [-0.15, -0.1) is 0 Å². The van der Waals surface area contributed by atoms with Crippen LogP contribution in [0.3, 0.4) is 0 Å². The van der Waals surface area contributed by atoms with Crippen LogP contribution in [0.2, 0.25) is 0 Å². The molecule has 0 saturated carbocycles. The zero-order valence-corrected chi connectivity index (χ0v) is 10.1. The third kappa shape index (κ3) is 2.50. The average molecular weight is 220 g/mol. The van der Waals surface area contributed by atoms with Crippen LogP contribution < -0.4 is 11.1 Å². The zero-order chi connectivity index (χ0) is 11.5. The molecule has 4 nitrogen and oxygen atoms in total. The van der Waals surface area contributed by atoms with E-state index in [1.807, 2.05) is 13.8 Å². The van der Waals surface area contributed by atoms with Gasteiger partial charge in [-0.3, -0.25) is 0 Å². The summed E-state index contributed by atoms with van der Waals surface area (Å²) < 4.78 is 0. The summed E-state index contributed by atoms with van der Waals surface area (Å²) in [5.74, 6) is 0.385. The Morgan fingerprint density at radius 1 is 1.25 bits per heavy atom. The second-order valence-corrected chi connectivity index (χ2v) is 4.58. The van der Waals surface area contributed by atoms with Crippen LogP contribution in [0.1, 0.15) is 36.2 Å². The van der Waals surface area contributed by atoms with Gasteiger partial charge in [0.25, 0.3) is 0 Å². The van der Waals surface area contributed by atoms with Gasteiger partial charge in [-0.05, 0) is 45.2 Å². The molecule has 0 radical (unpaired) electrons. The second-order valence-electron chi connectivity index (χ2n) is 4.58. The van der Waals surface area contributed by atoms with Crippen LogP contribution in [0.4, 0.5) is 5.95 Å². The number of hydrogen-bond donors (Lipinski definition) is 2. The Balaban J connectivity index is 2.14. The van der Waals surface area contributed by atoms with Gasteiger partial charge in [0.2, 0.25) is 5.95 Å². The van der Waals surface area contributed by atoms with Crippen LogP contribution in [-0.4, -0.2) is 22.6 Å². The molecule has 4 heteroatoms. The largest absolute Gasteiger partial charge is 0.368 e. The summed E-state index contributed by atoms with van der Waals surface area (Å²) in [6.07, 6.45) is 4.90. The highest BCUT2D eigenvalue weighted by Crippen LogP contribution is 2.17. The fourth-order valence-electron chi connectivity index (χ4n) is 2.41. The zero-order valence-electron chi connectivity index (χ0n) is 10.1. The van der Waals surface area contributed by atoms with Gasteiger partial charge in [0.1, 0.15) is 0 Å². The molecule has 1 atom stereocenters. The van der Waals surface area contributed by atoms with Gasteiger partial charge in [0.05, 0.1) is 0 Å². The van der Waals surface area contributed by atoms with E-state index in [9.17, 15) is 0 Å². The fraction of sp³-hybridized carbons (Fsp3) is 0.667. The third-order valence-electron chi connectivity index (χ3n) is 3.30. The number of aromatic nitrogens is 2. The molecular formula is C12H20N4. The highest BCUT2D eigenvalue weighted by molar-refractivity contribution is 5.31. The second kappa shape index (κ2) is 4.78. The highest BCUT2D eigenvalue weighted by Gasteiger charge is 2.16. The van der Waals surface area contributed by atoms with Crippen molar-refractivity contribution >= 4 is 5.95 Å². The topological polar surface area (TPSA) is 63.8 Å². The van der Waals surface area contributed by atoms with E-state index in [1.165, 1.54) is 24.8 Å². The average Bonchev–Trinajstić information content (AvgIpc) is 2.25. The maximum atomic E-state index is 5.62.